The lowest BCUT2D eigenvalue weighted by molar-refractivity contribution is 0.154. The number of hydrogen-bond acceptors (Lipinski definition) is 4. The highest BCUT2D eigenvalue weighted by atomic mass is 15.3. The normalized spacial score (nSPS) is 21.0. The Balaban J connectivity index is 1.80. The maximum absolute atomic E-state index is 5.73. The number of nitrogens with zero attached hydrogens (tertiary/aromatic N) is 4. The monoisotopic (exact) mass is 259 g/mol. The minimum Gasteiger partial charge on any atom is -0.396 e. The molecule has 1 aliphatic heterocycles. The number of anilines is 1. The van der Waals surface area contributed by atoms with E-state index >= 15 is 0 Å². The lowest BCUT2D eigenvalue weighted by Crippen LogP contribution is -2.40. The van der Waals surface area contributed by atoms with E-state index in [0.29, 0.717) is 11.7 Å². The molecule has 19 heavy (non-hydrogen) atoms. The highest BCUT2D eigenvalue weighted by Crippen LogP contribution is 2.20. The Morgan fingerprint density at radius 2 is 2.32 bits per heavy atom. The van der Waals surface area contributed by atoms with Crippen molar-refractivity contribution >= 4 is 11.3 Å². The first-order valence-electron chi connectivity index (χ1n) is 7.10. The van der Waals surface area contributed by atoms with Gasteiger partial charge >= 0.3 is 0 Å². The smallest absolute Gasteiger partial charge is 0.155 e. The van der Waals surface area contributed by atoms with E-state index in [2.05, 4.69) is 28.0 Å². The van der Waals surface area contributed by atoms with Crippen LogP contribution in [0, 0.1) is 0 Å². The Labute approximate surface area is 113 Å². The van der Waals surface area contributed by atoms with E-state index in [9.17, 15) is 0 Å². The van der Waals surface area contributed by atoms with Gasteiger partial charge in [0.05, 0.1) is 23.8 Å². The number of likely N-dealkylation sites (N-methyl/N-ethyl adjacent to an activating group) is 1. The highest BCUT2D eigenvalue weighted by molar-refractivity contribution is 5.44. The van der Waals surface area contributed by atoms with Gasteiger partial charge in [0, 0.05) is 18.5 Å². The maximum Gasteiger partial charge on any atom is 0.155 e. The van der Waals surface area contributed by atoms with Crippen LogP contribution < -0.4 is 5.73 Å². The zero-order chi connectivity index (χ0) is 13.2. The molecule has 0 spiro atoms. The molecule has 0 saturated carbocycles. The Morgan fingerprint density at radius 1 is 1.42 bits per heavy atom. The number of hydrogen-bond donors (Lipinski definition) is 1. The van der Waals surface area contributed by atoms with Crippen molar-refractivity contribution in [1.82, 2.24) is 19.5 Å². The molecule has 3 heterocycles. The predicted molar refractivity (Wildman–Crippen MR) is 76.0 cm³/mol. The summed E-state index contributed by atoms with van der Waals surface area (Å²) in [6.07, 6.45) is 8.45. The molecule has 3 rings (SSSR count). The standard InChI is InChI=1S/C14H21N5/c1-2-18-6-4-3-5-13(18)7-12-8-14-16-9-11(15)10-19(14)17-12/h8-10,13H,2-7,15H2,1H3. The molecule has 1 atom stereocenters. The minimum atomic E-state index is 0.626. The Bertz CT molecular complexity index is 562. The second kappa shape index (κ2) is 5.17. The third kappa shape index (κ3) is 2.56. The Kier molecular flexibility index (Phi) is 3.38. The Hall–Kier alpha value is -1.62. The second-order valence-electron chi connectivity index (χ2n) is 5.31. The van der Waals surface area contributed by atoms with E-state index < -0.39 is 0 Å². The van der Waals surface area contributed by atoms with E-state index in [0.717, 1.165) is 24.3 Å². The fraction of sp³-hybridized carbons (Fsp3) is 0.571. The van der Waals surface area contributed by atoms with Gasteiger partial charge in [0.1, 0.15) is 0 Å². The maximum atomic E-state index is 5.73. The van der Waals surface area contributed by atoms with Crippen molar-refractivity contribution in [3.8, 4) is 0 Å². The molecule has 0 amide bonds. The van der Waals surface area contributed by atoms with E-state index in [1.54, 1.807) is 10.7 Å². The highest BCUT2D eigenvalue weighted by Gasteiger charge is 2.22. The van der Waals surface area contributed by atoms with E-state index in [1.807, 2.05) is 6.20 Å². The van der Waals surface area contributed by atoms with Crippen LogP contribution in [-0.4, -0.2) is 38.6 Å². The van der Waals surface area contributed by atoms with Crippen molar-refractivity contribution in [2.75, 3.05) is 18.8 Å². The van der Waals surface area contributed by atoms with Gasteiger partial charge in [-0.25, -0.2) is 9.50 Å². The molecule has 102 valence electrons. The molecule has 2 N–H and O–H groups in total. The molecular weight excluding hydrogens is 238 g/mol. The van der Waals surface area contributed by atoms with Crippen LogP contribution in [0.5, 0.6) is 0 Å². The summed E-state index contributed by atoms with van der Waals surface area (Å²) in [5.41, 5.74) is 8.37. The zero-order valence-corrected chi connectivity index (χ0v) is 11.4. The molecule has 1 unspecified atom stereocenters. The van der Waals surface area contributed by atoms with Gasteiger partial charge in [-0.05, 0) is 25.9 Å². The summed E-state index contributed by atoms with van der Waals surface area (Å²) in [5, 5.41) is 4.58. The number of aromatic nitrogens is 3. The quantitative estimate of drug-likeness (QED) is 0.912. The number of nitrogens with two attached hydrogens (primary N) is 1. The summed E-state index contributed by atoms with van der Waals surface area (Å²) >= 11 is 0. The topological polar surface area (TPSA) is 59.5 Å². The lowest BCUT2D eigenvalue weighted by Gasteiger charge is -2.34. The number of piperidine rings is 1. The fourth-order valence-corrected chi connectivity index (χ4v) is 2.99. The van der Waals surface area contributed by atoms with Gasteiger partial charge < -0.3 is 10.6 Å². The summed E-state index contributed by atoms with van der Waals surface area (Å²) in [7, 11) is 0. The molecule has 2 aromatic rings. The van der Waals surface area contributed by atoms with Crippen LogP contribution in [0.4, 0.5) is 5.69 Å². The second-order valence-corrected chi connectivity index (χ2v) is 5.31. The van der Waals surface area contributed by atoms with Crippen LogP contribution in [-0.2, 0) is 6.42 Å². The van der Waals surface area contributed by atoms with Gasteiger partial charge in [-0.15, -0.1) is 0 Å². The average molecular weight is 259 g/mol. The summed E-state index contributed by atoms with van der Waals surface area (Å²) in [4.78, 5) is 6.86. The van der Waals surface area contributed by atoms with Crippen molar-refractivity contribution in [3.05, 3.63) is 24.2 Å². The number of nitrogen functional groups attached to an aromatic ring is 1. The van der Waals surface area contributed by atoms with Crippen molar-refractivity contribution in [1.29, 1.82) is 0 Å². The Morgan fingerprint density at radius 3 is 3.16 bits per heavy atom. The van der Waals surface area contributed by atoms with Crippen LogP contribution in [0.25, 0.3) is 5.65 Å². The van der Waals surface area contributed by atoms with Crippen LogP contribution in [0.2, 0.25) is 0 Å². The number of rotatable bonds is 3. The predicted octanol–water partition coefficient (Wildman–Crippen LogP) is 1.73. The van der Waals surface area contributed by atoms with Crippen LogP contribution >= 0.6 is 0 Å². The first-order valence-corrected chi connectivity index (χ1v) is 7.10. The number of likely N-dealkylation sites (tertiary alicyclic amines) is 1. The van der Waals surface area contributed by atoms with Gasteiger partial charge in [-0.3, -0.25) is 0 Å². The summed E-state index contributed by atoms with van der Waals surface area (Å²) in [5.74, 6) is 0. The molecule has 0 aliphatic carbocycles. The molecule has 1 saturated heterocycles. The van der Waals surface area contributed by atoms with Crippen molar-refractivity contribution in [2.24, 2.45) is 0 Å². The zero-order valence-electron chi connectivity index (χ0n) is 11.4. The van der Waals surface area contributed by atoms with E-state index in [4.69, 9.17) is 5.73 Å². The molecule has 5 nitrogen and oxygen atoms in total. The van der Waals surface area contributed by atoms with Gasteiger partial charge in [0.25, 0.3) is 0 Å². The first kappa shape index (κ1) is 12.4. The molecule has 5 heteroatoms. The fourth-order valence-electron chi connectivity index (χ4n) is 2.99. The summed E-state index contributed by atoms with van der Waals surface area (Å²) in [6, 6.07) is 2.70. The third-order valence-corrected chi connectivity index (χ3v) is 3.98. The van der Waals surface area contributed by atoms with Gasteiger partial charge in [0.2, 0.25) is 0 Å². The molecule has 0 radical (unpaired) electrons. The van der Waals surface area contributed by atoms with Crippen LogP contribution in [0.15, 0.2) is 18.5 Å². The van der Waals surface area contributed by atoms with E-state index in [1.165, 1.54) is 25.8 Å². The lowest BCUT2D eigenvalue weighted by atomic mass is 9.98. The molecule has 1 fully saturated rings. The van der Waals surface area contributed by atoms with Crippen molar-refractivity contribution in [2.45, 2.75) is 38.6 Å². The van der Waals surface area contributed by atoms with Gasteiger partial charge in [-0.2, -0.15) is 5.10 Å². The largest absolute Gasteiger partial charge is 0.396 e. The number of fused-ring (bicyclic) bond motifs is 1. The SMILES string of the molecule is CCN1CCCCC1Cc1cc2ncc(N)cn2n1. The van der Waals surface area contributed by atoms with Crippen LogP contribution in [0.1, 0.15) is 31.9 Å². The first-order chi connectivity index (χ1) is 9.26. The third-order valence-electron chi connectivity index (χ3n) is 3.98. The molecule has 2 aromatic heterocycles. The van der Waals surface area contributed by atoms with Crippen molar-refractivity contribution in [3.63, 3.8) is 0 Å². The minimum absolute atomic E-state index is 0.626. The summed E-state index contributed by atoms with van der Waals surface area (Å²) < 4.78 is 1.78. The van der Waals surface area contributed by atoms with Gasteiger partial charge in [-0.1, -0.05) is 13.3 Å². The van der Waals surface area contributed by atoms with Crippen LogP contribution in [0.3, 0.4) is 0 Å². The molecule has 0 aromatic carbocycles. The van der Waals surface area contributed by atoms with Crippen molar-refractivity contribution < 1.29 is 0 Å². The van der Waals surface area contributed by atoms with E-state index in [-0.39, 0.29) is 0 Å². The molecule has 1 aliphatic rings. The van der Waals surface area contributed by atoms with Gasteiger partial charge in [0.15, 0.2) is 5.65 Å². The molecular formula is C14H21N5. The molecule has 0 bridgehead atoms. The average Bonchev–Trinajstić information content (AvgIpc) is 2.80. The summed E-state index contributed by atoms with van der Waals surface area (Å²) in [6.45, 7) is 4.59.